The summed E-state index contributed by atoms with van der Waals surface area (Å²) in [5, 5.41) is 0. The van der Waals surface area contributed by atoms with Gasteiger partial charge in [0, 0.05) is 13.1 Å². The molecule has 1 amide bonds. The average Bonchev–Trinajstić information content (AvgIpc) is 3.00. The van der Waals surface area contributed by atoms with Gasteiger partial charge in [-0.25, -0.2) is 9.78 Å². The number of rotatable bonds is 3. The van der Waals surface area contributed by atoms with E-state index in [1.807, 2.05) is 13.8 Å². The zero-order chi connectivity index (χ0) is 17.3. The maximum Gasteiger partial charge on any atom is 0.338 e. The maximum atomic E-state index is 12.5. The van der Waals surface area contributed by atoms with Gasteiger partial charge in [-0.1, -0.05) is 0 Å². The summed E-state index contributed by atoms with van der Waals surface area (Å²) in [6, 6.07) is 5.19. The van der Waals surface area contributed by atoms with Crippen LogP contribution in [0.2, 0.25) is 0 Å². The van der Waals surface area contributed by atoms with Crippen molar-refractivity contribution in [3.63, 3.8) is 0 Å². The molecule has 2 heterocycles. The van der Waals surface area contributed by atoms with E-state index in [1.165, 1.54) is 11.3 Å². The number of amides is 1. The van der Waals surface area contributed by atoms with Crippen LogP contribution >= 0.6 is 11.3 Å². The topological polar surface area (TPSA) is 68.7 Å². The molecule has 1 aliphatic rings. The lowest BCUT2D eigenvalue weighted by Crippen LogP contribution is -2.51. The standard InChI is InChI=1S/C17H20N2O4S/c1-10-7-19(8-11(2)22-10)16(20)12(3)23-17(21)13-4-5-14-15(6-13)24-9-18-14/h4-6,9-12H,7-8H2,1-3H3/t10-,11-,12+/m0/s1. The van der Waals surface area contributed by atoms with Crippen LogP contribution in [0, 0.1) is 0 Å². The molecular weight excluding hydrogens is 328 g/mol. The number of hydrogen-bond acceptors (Lipinski definition) is 6. The first kappa shape index (κ1) is 16.9. The van der Waals surface area contributed by atoms with E-state index in [0.29, 0.717) is 18.7 Å². The smallest absolute Gasteiger partial charge is 0.338 e. The Labute approximate surface area is 144 Å². The molecule has 0 aliphatic carbocycles. The lowest BCUT2D eigenvalue weighted by molar-refractivity contribution is -0.151. The first-order valence-corrected chi connectivity index (χ1v) is 8.80. The summed E-state index contributed by atoms with van der Waals surface area (Å²) < 4.78 is 11.9. The summed E-state index contributed by atoms with van der Waals surface area (Å²) >= 11 is 1.46. The van der Waals surface area contributed by atoms with Gasteiger partial charge in [0.25, 0.3) is 5.91 Å². The summed E-state index contributed by atoms with van der Waals surface area (Å²) in [4.78, 5) is 30.7. The number of esters is 1. The van der Waals surface area contributed by atoms with E-state index in [0.717, 1.165) is 10.2 Å². The second kappa shape index (κ2) is 6.86. The van der Waals surface area contributed by atoms with Crippen LogP contribution in [-0.4, -0.2) is 53.2 Å². The van der Waals surface area contributed by atoms with Gasteiger partial charge >= 0.3 is 5.97 Å². The van der Waals surface area contributed by atoms with E-state index >= 15 is 0 Å². The molecule has 0 radical (unpaired) electrons. The molecule has 0 N–H and O–H groups in total. The lowest BCUT2D eigenvalue weighted by atomic mass is 10.2. The molecule has 7 heteroatoms. The maximum absolute atomic E-state index is 12.5. The molecule has 1 saturated heterocycles. The highest BCUT2D eigenvalue weighted by molar-refractivity contribution is 7.16. The first-order valence-electron chi connectivity index (χ1n) is 7.92. The second-order valence-electron chi connectivity index (χ2n) is 6.08. The van der Waals surface area contributed by atoms with E-state index in [9.17, 15) is 9.59 Å². The van der Waals surface area contributed by atoms with E-state index in [4.69, 9.17) is 9.47 Å². The van der Waals surface area contributed by atoms with Crippen LogP contribution in [0.25, 0.3) is 10.2 Å². The van der Waals surface area contributed by atoms with Gasteiger partial charge < -0.3 is 14.4 Å². The van der Waals surface area contributed by atoms with Gasteiger partial charge in [0.2, 0.25) is 0 Å². The Morgan fingerprint density at radius 1 is 1.33 bits per heavy atom. The van der Waals surface area contributed by atoms with Gasteiger partial charge in [-0.3, -0.25) is 4.79 Å². The second-order valence-corrected chi connectivity index (χ2v) is 6.97. The molecule has 1 fully saturated rings. The fraction of sp³-hybridized carbons (Fsp3) is 0.471. The molecule has 3 atom stereocenters. The number of benzene rings is 1. The number of nitrogens with zero attached hydrogens (tertiary/aromatic N) is 2. The van der Waals surface area contributed by atoms with Gasteiger partial charge in [-0.2, -0.15) is 0 Å². The number of thiazole rings is 1. The Balaban J connectivity index is 1.65. The highest BCUT2D eigenvalue weighted by atomic mass is 32.1. The quantitative estimate of drug-likeness (QED) is 0.797. The van der Waals surface area contributed by atoms with Gasteiger partial charge in [0.15, 0.2) is 6.10 Å². The van der Waals surface area contributed by atoms with Crippen LogP contribution in [0.3, 0.4) is 0 Å². The Morgan fingerprint density at radius 2 is 2.04 bits per heavy atom. The fourth-order valence-electron chi connectivity index (χ4n) is 2.88. The summed E-state index contributed by atoms with van der Waals surface area (Å²) in [5.41, 5.74) is 3.00. The van der Waals surface area contributed by atoms with Gasteiger partial charge in [-0.05, 0) is 39.0 Å². The summed E-state index contributed by atoms with van der Waals surface area (Å²) in [6.45, 7) is 6.49. The van der Waals surface area contributed by atoms with Crippen LogP contribution in [0.4, 0.5) is 0 Å². The number of hydrogen-bond donors (Lipinski definition) is 0. The Bertz CT molecular complexity index is 750. The highest BCUT2D eigenvalue weighted by Crippen LogP contribution is 2.20. The largest absolute Gasteiger partial charge is 0.449 e. The fourth-order valence-corrected chi connectivity index (χ4v) is 3.59. The predicted molar refractivity (Wildman–Crippen MR) is 91.1 cm³/mol. The van der Waals surface area contributed by atoms with Crippen molar-refractivity contribution in [2.45, 2.75) is 39.1 Å². The third-order valence-corrected chi connectivity index (χ3v) is 4.72. The number of carbonyl (C=O) groups excluding carboxylic acids is 2. The molecule has 1 aromatic heterocycles. The van der Waals surface area contributed by atoms with Crippen LogP contribution in [0.1, 0.15) is 31.1 Å². The van der Waals surface area contributed by atoms with E-state index < -0.39 is 12.1 Å². The third kappa shape index (κ3) is 3.57. The van der Waals surface area contributed by atoms with Crippen molar-refractivity contribution in [1.29, 1.82) is 0 Å². The number of aromatic nitrogens is 1. The SMILES string of the molecule is C[C@H]1CN(C(=O)[C@@H](C)OC(=O)c2ccc3ncsc3c2)C[C@H](C)O1. The summed E-state index contributed by atoms with van der Waals surface area (Å²) in [5.74, 6) is -0.690. The van der Waals surface area contributed by atoms with E-state index in [-0.39, 0.29) is 18.1 Å². The predicted octanol–water partition coefficient (Wildman–Crippen LogP) is 2.48. The van der Waals surface area contributed by atoms with E-state index in [2.05, 4.69) is 4.98 Å². The van der Waals surface area contributed by atoms with Crippen molar-refractivity contribution in [2.75, 3.05) is 13.1 Å². The molecular formula is C17H20N2O4S. The van der Waals surface area contributed by atoms with Crippen molar-refractivity contribution in [2.24, 2.45) is 0 Å². The van der Waals surface area contributed by atoms with Gasteiger partial charge in [-0.15, -0.1) is 11.3 Å². The third-order valence-electron chi connectivity index (χ3n) is 3.93. The van der Waals surface area contributed by atoms with Crippen LogP contribution < -0.4 is 0 Å². The van der Waals surface area contributed by atoms with Crippen LogP contribution in [-0.2, 0) is 14.3 Å². The highest BCUT2D eigenvalue weighted by Gasteiger charge is 2.30. The molecule has 2 aromatic rings. The molecule has 0 spiro atoms. The van der Waals surface area contributed by atoms with Crippen molar-refractivity contribution in [3.05, 3.63) is 29.3 Å². The number of fused-ring (bicyclic) bond motifs is 1. The minimum Gasteiger partial charge on any atom is -0.449 e. The molecule has 0 saturated carbocycles. The molecule has 1 aromatic carbocycles. The Morgan fingerprint density at radius 3 is 2.75 bits per heavy atom. The monoisotopic (exact) mass is 348 g/mol. The molecule has 24 heavy (non-hydrogen) atoms. The lowest BCUT2D eigenvalue weighted by Gasteiger charge is -2.36. The normalized spacial score (nSPS) is 22.4. The average molecular weight is 348 g/mol. The van der Waals surface area contributed by atoms with Crippen molar-refractivity contribution in [3.8, 4) is 0 Å². The Kier molecular flexibility index (Phi) is 4.82. The minimum absolute atomic E-state index is 0.0191. The van der Waals surface area contributed by atoms with Crippen molar-refractivity contribution >= 4 is 33.4 Å². The van der Waals surface area contributed by atoms with Crippen molar-refractivity contribution in [1.82, 2.24) is 9.88 Å². The van der Waals surface area contributed by atoms with Crippen LogP contribution in [0.15, 0.2) is 23.7 Å². The zero-order valence-corrected chi connectivity index (χ0v) is 14.7. The molecule has 1 aliphatic heterocycles. The van der Waals surface area contributed by atoms with E-state index in [1.54, 1.807) is 35.5 Å². The summed E-state index contributed by atoms with van der Waals surface area (Å²) in [7, 11) is 0. The van der Waals surface area contributed by atoms with Crippen molar-refractivity contribution < 1.29 is 19.1 Å². The Hall–Kier alpha value is -1.99. The molecule has 0 unspecified atom stereocenters. The minimum atomic E-state index is -0.827. The number of carbonyl (C=O) groups is 2. The molecule has 128 valence electrons. The molecule has 3 rings (SSSR count). The molecule has 6 nitrogen and oxygen atoms in total. The number of ether oxygens (including phenoxy) is 2. The summed E-state index contributed by atoms with van der Waals surface area (Å²) in [6.07, 6.45) is -0.865. The molecule has 0 bridgehead atoms. The zero-order valence-electron chi connectivity index (χ0n) is 13.9. The van der Waals surface area contributed by atoms with Gasteiger partial charge in [0.1, 0.15) is 0 Å². The van der Waals surface area contributed by atoms with Crippen LogP contribution in [0.5, 0.6) is 0 Å². The number of morpholine rings is 1. The van der Waals surface area contributed by atoms with Gasteiger partial charge in [0.05, 0.1) is 33.5 Å². The first-order chi connectivity index (χ1) is 11.4.